The van der Waals surface area contributed by atoms with Crippen molar-refractivity contribution < 1.29 is 8.42 Å². The molecule has 18 heavy (non-hydrogen) atoms. The second-order valence-electron chi connectivity index (χ2n) is 4.35. The molecule has 98 valence electrons. The third-order valence-electron chi connectivity index (χ3n) is 3.25. The highest BCUT2D eigenvalue weighted by molar-refractivity contribution is 7.89. The second kappa shape index (κ2) is 4.91. The van der Waals surface area contributed by atoms with E-state index in [1.807, 2.05) is 0 Å². The minimum atomic E-state index is -3.45. The van der Waals surface area contributed by atoms with Gasteiger partial charge in [-0.25, -0.2) is 8.42 Å². The number of sulfonamides is 1. The highest BCUT2D eigenvalue weighted by Gasteiger charge is 2.31. The Bertz CT molecular complexity index is 550. The summed E-state index contributed by atoms with van der Waals surface area (Å²) in [5, 5.41) is 0. The van der Waals surface area contributed by atoms with Crippen molar-refractivity contribution >= 4 is 27.2 Å². The summed E-state index contributed by atoms with van der Waals surface area (Å²) in [5.74, 6) is 0. The number of rotatable bonds is 4. The summed E-state index contributed by atoms with van der Waals surface area (Å²) in [5.41, 5.74) is 5.85. The summed E-state index contributed by atoms with van der Waals surface area (Å²) in [6.45, 7) is 0. The monoisotopic (exact) mass is 285 g/mol. The Morgan fingerprint density at radius 1 is 1.50 bits per heavy atom. The van der Waals surface area contributed by atoms with Crippen LogP contribution >= 0.6 is 12.2 Å². The van der Waals surface area contributed by atoms with Crippen LogP contribution in [0.1, 0.15) is 25.0 Å². The van der Waals surface area contributed by atoms with Gasteiger partial charge >= 0.3 is 0 Å². The van der Waals surface area contributed by atoms with E-state index in [0.29, 0.717) is 5.69 Å². The predicted octanol–water partition coefficient (Wildman–Crippen LogP) is 0.889. The van der Waals surface area contributed by atoms with Gasteiger partial charge in [0.1, 0.15) is 9.88 Å². The molecule has 0 amide bonds. The number of pyridine rings is 1. The SMILES string of the molecule is CN(C1CCC1)S(=O)(=O)c1ccc(C(N)=S)nc1. The second-order valence-corrected chi connectivity index (χ2v) is 6.79. The summed E-state index contributed by atoms with van der Waals surface area (Å²) < 4.78 is 26.0. The van der Waals surface area contributed by atoms with E-state index in [9.17, 15) is 8.42 Å². The van der Waals surface area contributed by atoms with Crippen molar-refractivity contribution in [1.29, 1.82) is 0 Å². The van der Waals surface area contributed by atoms with Crippen LogP contribution in [0.5, 0.6) is 0 Å². The first-order chi connectivity index (χ1) is 8.43. The first kappa shape index (κ1) is 13.4. The van der Waals surface area contributed by atoms with E-state index in [1.165, 1.54) is 22.6 Å². The smallest absolute Gasteiger partial charge is 0.244 e. The lowest BCUT2D eigenvalue weighted by Gasteiger charge is -2.33. The molecule has 0 unspecified atom stereocenters. The molecule has 0 aromatic carbocycles. The first-order valence-electron chi connectivity index (χ1n) is 5.67. The van der Waals surface area contributed by atoms with Gasteiger partial charge in [-0.3, -0.25) is 4.98 Å². The molecule has 0 atom stereocenters. The minimum Gasteiger partial charge on any atom is -0.388 e. The Labute approximate surface area is 112 Å². The number of thiocarbonyl (C=S) groups is 1. The third-order valence-corrected chi connectivity index (χ3v) is 5.36. The van der Waals surface area contributed by atoms with Crippen molar-refractivity contribution in [2.75, 3.05) is 7.05 Å². The number of hydrogen-bond donors (Lipinski definition) is 1. The van der Waals surface area contributed by atoms with Crippen LogP contribution in [0.4, 0.5) is 0 Å². The van der Waals surface area contributed by atoms with E-state index in [0.717, 1.165) is 19.3 Å². The Hall–Kier alpha value is -1.05. The molecule has 2 rings (SSSR count). The van der Waals surface area contributed by atoms with E-state index in [1.54, 1.807) is 7.05 Å². The Kier molecular flexibility index (Phi) is 3.65. The molecule has 2 N–H and O–H groups in total. The molecule has 1 saturated carbocycles. The van der Waals surface area contributed by atoms with Gasteiger partial charge in [0, 0.05) is 19.3 Å². The molecule has 1 aliphatic carbocycles. The van der Waals surface area contributed by atoms with Crippen LogP contribution in [0.3, 0.4) is 0 Å². The molecule has 0 saturated heterocycles. The fraction of sp³-hybridized carbons (Fsp3) is 0.455. The van der Waals surface area contributed by atoms with E-state index < -0.39 is 10.0 Å². The summed E-state index contributed by atoms with van der Waals surface area (Å²) in [6, 6.07) is 3.14. The Balaban J connectivity index is 2.26. The minimum absolute atomic E-state index is 0.116. The third kappa shape index (κ3) is 2.38. The summed E-state index contributed by atoms with van der Waals surface area (Å²) in [6.07, 6.45) is 4.24. The van der Waals surface area contributed by atoms with Gasteiger partial charge in [0.15, 0.2) is 0 Å². The molecule has 1 aromatic heterocycles. The zero-order valence-corrected chi connectivity index (χ0v) is 11.7. The lowest BCUT2D eigenvalue weighted by molar-refractivity contribution is 0.249. The molecular weight excluding hydrogens is 270 g/mol. The van der Waals surface area contributed by atoms with Crippen molar-refractivity contribution in [3.05, 3.63) is 24.0 Å². The highest BCUT2D eigenvalue weighted by Crippen LogP contribution is 2.28. The Morgan fingerprint density at radius 2 is 2.17 bits per heavy atom. The quantitative estimate of drug-likeness (QED) is 0.831. The molecule has 1 aliphatic rings. The molecule has 1 fully saturated rings. The number of nitrogens with two attached hydrogens (primary N) is 1. The summed E-state index contributed by atoms with van der Waals surface area (Å²) >= 11 is 4.78. The van der Waals surface area contributed by atoms with Crippen molar-refractivity contribution in [1.82, 2.24) is 9.29 Å². The van der Waals surface area contributed by atoms with Crippen molar-refractivity contribution in [2.24, 2.45) is 5.73 Å². The van der Waals surface area contributed by atoms with E-state index in [2.05, 4.69) is 4.98 Å². The van der Waals surface area contributed by atoms with Gasteiger partial charge in [-0.2, -0.15) is 4.31 Å². The molecule has 0 aliphatic heterocycles. The number of aromatic nitrogens is 1. The molecule has 0 spiro atoms. The average molecular weight is 285 g/mol. The molecule has 1 heterocycles. The lowest BCUT2D eigenvalue weighted by Crippen LogP contribution is -2.41. The maximum absolute atomic E-state index is 12.3. The van der Waals surface area contributed by atoms with Crippen molar-refractivity contribution in [2.45, 2.75) is 30.2 Å². The van der Waals surface area contributed by atoms with Crippen molar-refractivity contribution in [3.63, 3.8) is 0 Å². The van der Waals surface area contributed by atoms with Gasteiger partial charge in [0.2, 0.25) is 10.0 Å². The number of nitrogens with zero attached hydrogens (tertiary/aromatic N) is 2. The van der Waals surface area contributed by atoms with E-state index in [-0.39, 0.29) is 15.9 Å². The van der Waals surface area contributed by atoms with E-state index >= 15 is 0 Å². The van der Waals surface area contributed by atoms with Crippen LogP contribution in [-0.4, -0.2) is 35.8 Å². The standard InChI is InChI=1S/C11H15N3O2S2/c1-14(8-3-2-4-8)18(15,16)9-5-6-10(11(12)17)13-7-9/h5-8H,2-4H2,1H3,(H2,12,17). The normalized spacial score (nSPS) is 16.6. The van der Waals surface area contributed by atoms with E-state index in [4.69, 9.17) is 18.0 Å². The van der Waals surface area contributed by atoms with Crippen LogP contribution in [0.25, 0.3) is 0 Å². The van der Waals surface area contributed by atoms with Gasteiger partial charge in [0.25, 0.3) is 0 Å². The average Bonchev–Trinajstić information content (AvgIpc) is 2.26. The first-order valence-corrected chi connectivity index (χ1v) is 7.51. The largest absolute Gasteiger partial charge is 0.388 e. The summed E-state index contributed by atoms with van der Waals surface area (Å²) in [7, 11) is -1.84. The van der Waals surface area contributed by atoms with Gasteiger partial charge in [-0.1, -0.05) is 18.6 Å². The van der Waals surface area contributed by atoms with Gasteiger partial charge in [-0.05, 0) is 25.0 Å². The molecule has 0 radical (unpaired) electrons. The van der Waals surface area contributed by atoms with Gasteiger partial charge in [-0.15, -0.1) is 0 Å². The fourth-order valence-electron chi connectivity index (χ4n) is 1.79. The molecule has 1 aromatic rings. The topological polar surface area (TPSA) is 76.3 Å². The van der Waals surface area contributed by atoms with Crippen LogP contribution in [0.2, 0.25) is 0 Å². The van der Waals surface area contributed by atoms with Crippen LogP contribution < -0.4 is 5.73 Å². The van der Waals surface area contributed by atoms with Crippen LogP contribution in [0.15, 0.2) is 23.2 Å². The molecule has 0 bridgehead atoms. The summed E-state index contributed by atoms with van der Waals surface area (Å²) in [4.78, 5) is 4.29. The predicted molar refractivity (Wildman–Crippen MR) is 72.7 cm³/mol. The molecule has 7 heteroatoms. The van der Waals surface area contributed by atoms with Gasteiger partial charge < -0.3 is 5.73 Å². The van der Waals surface area contributed by atoms with Crippen molar-refractivity contribution in [3.8, 4) is 0 Å². The molecular formula is C11H15N3O2S2. The lowest BCUT2D eigenvalue weighted by atomic mass is 9.94. The zero-order valence-electron chi connectivity index (χ0n) is 10.0. The highest BCUT2D eigenvalue weighted by atomic mass is 32.2. The number of hydrogen-bond acceptors (Lipinski definition) is 4. The van der Waals surface area contributed by atoms with Crippen LogP contribution in [-0.2, 0) is 10.0 Å². The maximum Gasteiger partial charge on any atom is 0.244 e. The Morgan fingerprint density at radius 3 is 2.56 bits per heavy atom. The maximum atomic E-state index is 12.3. The van der Waals surface area contributed by atoms with Gasteiger partial charge in [0.05, 0.1) is 5.69 Å². The molecule has 5 nitrogen and oxygen atoms in total. The zero-order chi connectivity index (χ0) is 13.3. The fourth-order valence-corrected chi connectivity index (χ4v) is 3.27. The van der Waals surface area contributed by atoms with Crippen LogP contribution in [0, 0.1) is 0 Å².